The Hall–Kier alpha value is -2.09. The highest BCUT2D eigenvalue weighted by atomic mass is 16.2. The summed E-state index contributed by atoms with van der Waals surface area (Å²) in [6.07, 6.45) is 2.12. The number of carbonyl (C=O) groups is 1. The van der Waals surface area contributed by atoms with E-state index in [0.29, 0.717) is 17.7 Å². The largest absolute Gasteiger partial charge is 0.342 e. The molecule has 3 unspecified atom stereocenters. The van der Waals surface area contributed by atoms with Crippen molar-refractivity contribution in [3.05, 3.63) is 71.8 Å². The summed E-state index contributed by atoms with van der Waals surface area (Å²) in [5.74, 6) is 1.69. The van der Waals surface area contributed by atoms with Crippen molar-refractivity contribution in [2.45, 2.75) is 18.8 Å². The first-order valence-electron chi connectivity index (χ1n) is 8.22. The molecule has 0 N–H and O–H groups in total. The van der Waals surface area contributed by atoms with Crippen molar-refractivity contribution in [2.24, 2.45) is 11.8 Å². The fourth-order valence-corrected chi connectivity index (χ4v) is 3.94. The van der Waals surface area contributed by atoms with Gasteiger partial charge in [0.2, 0.25) is 5.91 Å². The zero-order chi connectivity index (χ0) is 14.9. The molecule has 22 heavy (non-hydrogen) atoms. The van der Waals surface area contributed by atoms with E-state index in [0.717, 1.165) is 25.9 Å². The molecule has 1 aliphatic heterocycles. The fraction of sp³-hybridized carbons (Fsp3) is 0.350. The van der Waals surface area contributed by atoms with Gasteiger partial charge in [0.05, 0.1) is 5.92 Å². The normalized spacial score (nSPS) is 26.1. The highest BCUT2D eigenvalue weighted by Crippen LogP contribution is 2.58. The zero-order valence-corrected chi connectivity index (χ0v) is 12.7. The van der Waals surface area contributed by atoms with E-state index in [9.17, 15) is 4.79 Å². The van der Waals surface area contributed by atoms with Crippen molar-refractivity contribution < 1.29 is 4.79 Å². The van der Waals surface area contributed by atoms with E-state index in [1.807, 2.05) is 12.1 Å². The summed E-state index contributed by atoms with van der Waals surface area (Å²) in [5, 5.41) is 0. The maximum absolute atomic E-state index is 12.5. The number of hydrogen-bond acceptors (Lipinski definition) is 1. The van der Waals surface area contributed by atoms with Gasteiger partial charge in [-0.1, -0.05) is 60.7 Å². The number of likely N-dealkylation sites (tertiary alicyclic amines) is 1. The van der Waals surface area contributed by atoms with Crippen LogP contribution >= 0.6 is 0 Å². The van der Waals surface area contributed by atoms with E-state index in [1.165, 1.54) is 11.1 Å². The first-order valence-corrected chi connectivity index (χ1v) is 8.22. The number of nitrogens with zero attached hydrogens (tertiary/aromatic N) is 1. The number of aryl methyl sites for hydroxylation is 1. The van der Waals surface area contributed by atoms with Crippen LogP contribution in [0.4, 0.5) is 0 Å². The summed E-state index contributed by atoms with van der Waals surface area (Å²) < 4.78 is 0. The van der Waals surface area contributed by atoms with Crippen LogP contribution in [0.5, 0.6) is 0 Å². The number of hydrogen-bond donors (Lipinski definition) is 0. The summed E-state index contributed by atoms with van der Waals surface area (Å²) in [6, 6.07) is 21.0. The number of amides is 1. The van der Waals surface area contributed by atoms with Crippen LogP contribution in [0.1, 0.15) is 23.5 Å². The van der Waals surface area contributed by atoms with Gasteiger partial charge in [0, 0.05) is 19.0 Å². The van der Waals surface area contributed by atoms with E-state index in [4.69, 9.17) is 0 Å². The Morgan fingerprint density at radius 1 is 0.909 bits per heavy atom. The van der Waals surface area contributed by atoms with Crippen LogP contribution in [0.25, 0.3) is 0 Å². The SMILES string of the molecule is O=C1C2C(CN1CCCc1ccccc1)C2c1ccccc1. The summed E-state index contributed by atoms with van der Waals surface area (Å²) in [5.41, 5.74) is 2.70. The zero-order valence-electron chi connectivity index (χ0n) is 12.7. The van der Waals surface area contributed by atoms with Gasteiger partial charge in [-0.15, -0.1) is 0 Å². The van der Waals surface area contributed by atoms with E-state index >= 15 is 0 Å². The average molecular weight is 291 g/mol. The van der Waals surface area contributed by atoms with Gasteiger partial charge >= 0.3 is 0 Å². The molecule has 3 atom stereocenters. The summed E-state index contributed by atoms with van der Waals surface area (Å²) in [7, 11) is 0. The monoisotopic (exact) mass is 291 g/mol. The minimum absolute atomic E-state index is 0.263. The lowest BCUT2D eigenvalue weighted by Crippen LogP contribution is -2.31. The van der Waals surface area contributed by atoms with Crippen molar-refractivity contribution in [3.63, 3.8) is 0 Å². The van der Waals surface area contributed by atoms with Gasteiger partial charge in [-0.25, -0.2) is 0 Å². The molecule has 2 fully saturated rings. The van der Waals surface area contributed by atoms with Gasteiger partial charge < -0.3 is 4.90 Å². The maximum Gasteiger partial charge on any atom is 0.226 e. The first-order chi connectivity index (χ1) is 10.8. The standard InChI is InChI=1S/C20H21NO/c22-20-19-17(18(19)16-11-5-2-6-12-16)14-21(20)13-7-10-15-8-3-1-4-9-15/h1-6,8-9,11-12,17-19H,7,10,13-14H2. The Morgan fingerprint density at radius 2 is 1.59 bits per heavy atom. The molecule has 0 radical (unpaired) electrons. The van der Waals surface area contributed by atoms with Gasteiger partial charge in [0.25, 0.3) is 0 Å². The molecule has 0 aromatic heterocycles. The van der Waals surface area contributed by atoms with Crippen LogP contribution in [0.15, 0.2) is 60.7 Å². The second-order valence-corrected chi connectivity index (χ2v) is 6.50. The molecule has 1 heterocycles. The van der Waals surface area contributed by atoms with Gasteiger partial charge in [-0.3, -0.25) is 4.79 Å². The summed E-state index contributed by atoms with van der Waals surface area (Å²) in [6.45, 7) is 1.86. The third-order valence-corrected chi connectivity index (χ3v) is 5.12. The quantitative estimate of drug-likeness (QED) is 0.826. The molecule has 112 valence electrons. The number of benzene rings is 2. The van der Waals surface area contributed by atoms with Crippen molar-refractivity contribution in [1.29, 1.82) is 0 Å². The highest BCUT2D eigenvalue weighted by Gasteiger charge is 2.61. The Morgan fingerprint density at radius 3 is 2.23 bits per heavy atom. The lowest BCUT2D eigenvalue weighted by molar-refractivity contribution is -0.130. The molecular formula is C20H21NO. The number of rotatable bonds is 5. The highest BCUT2D eigenvalue weighted by molar-refractivity contribution is 5.86. The molecule has 2 aliphatic rings. The average Bonchev–Trinajstić information content (AvgIpc) is 3.20. The van der Waals surface area contributed by atoms with Crippen molar-refractivity contribution >= 4 is 5.91 Å². The minimum atomic E-state index is 0.263. The molecule has 1 saturated carbocycles. The van der Waals surface area contributed by atoms with Gasteiger partial charge in [-0.2, -0.15) is 0 Å². The number of piperidine rings is 1. The third-order valence-electron chi connectivity index (χ3n) is 5.12. The fourth-order valence-electron chi connectivity index (χ4n) is 3.94. The predicted octanol–water partition coefficient (Wildman–Crippen LogP) is 3.49. The Kier molecular flexibility index (Phi) is 3.45. The van der Waals surface area contributed by atoms with Crippen LogP contribution in [0, 0.1) is 11.8 Å². The molecule has 0 bridgehead atoms. The minimum Gasteiger partial charge on any atom is -0.342 e. The van der Waals surface area contributed by atoms with Crippen LogP contribution in [0.2, 0.25) is 0 Å². The summed E-state index contributed by atoms with van der Waals surface area (Å²) in [4.78, 5) is 14.6. The second kappa shape index (κ2) is 5.60. The third kappa shape index (κ3) is 2.43. The Bertz CT molecular complexity index is 652. The van der Waals surface area contributed by atoms with Gasteiger partial charge in [0.15, 0.2) is 0 Å². The molecule has 1 aliphatic carbocycles. The molecule has 1 amide bonds. The first kappa shape index (κ1) is 13.6. The second-order valence-electron chi connectivity index (χ2n) is 6.50. The molecule has 2 aromatic rings. The predicted molar refractivity (Wildman–Crippen MR) is 87.5 cm³/mol. The van der Waals surface area contributed by atoms with Gasteiger partial charge in [0.1, 0.15) is 0 Å². The molecule has 0 spiro atoms. The van der Waals surface area contributed by atoms with Crippen LogP contribution in [-0.4, -0.2) is 23.9 Å². The molecule has 2 nitrogen and oxygen atoms in total. The van der Waals surface area contributed by atoms with Gasteiger partial charge in [-0.05, 0) is 29.9 Å². The molecule has 2 heteroatoms. The molecule has 4 rings (SSSR count). The smallest absolute Gasteiger partial charge is 0.226 e. The molecule has 1 saturated heterocycles. The van der Waals surface area contributed by atoms with Crippen LogP contribution < -0.4 is 0 Å². The van der Waals surface area contributed by atoms with Crippen LogP contribution in [-0.2, 0) is 11.2 Å². The van der Waals surface area contributed by atoms with E-state index < -0.39 is 0 Å². The van der Waals surface area contributed by atoms with E-state index in [1.54, 1.807) is 0 Å². The Balaban J connectivity index is 1.30. The summed E-state index contributed by atoms with van der Waals surface area (Å²) >= 11 is 0. The van der Waals surface area contributed by atoms with Crippen molar-refractivity contribution in [2.75, 3.05) is 13.1 Å². The van der Waals surface area contributed by atoms with Crippen molar-refractivity contribution in [3.8, 4) is 0 Å². The maximum atomic E-state index is 12.5. The van der Waals surface area contributed by atoms with Crippen LogP contribution in [0.3, 0.4) is 0 Å². The lowest BCUT2D eigenvalue weighted by Gasteiger charge is -2.20. The van der Waals surface area contributed by atoms with E-state index in [2.05, 4.69) is 53.4 Å². The molecular weight excluding hydrogens is 270 g/mol. The number of fused-ring (bicyclic) bond motifs is 1. The Labute approximate surface area is 131 Å². The number of carbonyl (C=O) groups excluding carboxylic acids is 1. The molecule has 2 aromatic carbocycles. The topological polar surface area (TPSA) is 20.3 Å². The van der Waals surface area contributed by atoms with E-state index in [-0.39, 0.29) is 5.92 Å². The lowest BCUT2D eigenvalue weighted by atomic mass is 10.1. The van der Waals surface area contributed by atoms with Crippen molar-refractivity contribution in [1.82, 2.24) is 4.90 Å².